The molecule has 1 heterocycles. The van der Waals surface area contributed by atoms with Crippen molar-refractivity contribution in [2.75, 3.05) is 0 Å². The largest absolute Gasteiger partial charge is 0.271 e. The van der Waals surface area contributed by atoms with Gasteiger partial charge >= 0.3 is 0 Å². The number of aromatic nitrogens is 1. The molecule has 0 aliphatic carbocycles. The van der Waals surface area contributed by atoms with Crippen LogP contribution in [0, 0.1) is 6.92 Å². The van der Waals surface area contributed by atoms with Crippen molar-refractivity contribution >= 4 is 23.0 Å². The van der Waals surface area contributed by atoms with Gasteiger partial charge in [0, 0.05) is 22.7 Å². The second-order valence-electron chi connectivity index (χ2n) is 4.99. The molecule has 0 aliphatic heterocycles. The highest BCUT2D eigenvalue weighted by molar-refractivity contribution is 5.99. The molecule has 0 aliphatic rings. The number of hydrazone groups is 1. The van der Waals surface area contributed by atoms with Gasteiger partial charge in [0.05, 0.1) is 11.7 Å². The molecule has 1 amide bonds. The predicted molar refractivity (Wildman–Crippen MR) is 88.0 cm³/mol. The zero-order valence-corrected chi connectivity index (χ0v) is 12.2. The minimum absolute atomic E-state index is 0.232. The van der Waals surface area contributed by atoms with Gasteiger partial charge < -0.3 is 0 Å². The summed E-state index contributed by atoms with van der Waals surface area (Å²) in [6, 6.07) is 17.1. The molecule has 22 heavy (non-hydrogen) atoms. The molecule has 3 rings (SSSR count). The summed E-state index contributed by atoms with van der Waals surface area (Å²) in [6.45, 7) is 1.98. The first-order valence-corrected chi connectivity index (χ1v) is 6.98. The smallest absolute Gasteiger partial charge is 0.267 e. The van der Waals surface area contributed by atoms with E-state index >= 15 is 0 Å². The molecular weight excluding hydrogens is 274 g/mol. The normalized spacial score (nSPS) is 11.0. The number of hydrogen-bond acceptors (Lipinski definition) is 3. The van der Waals surface area contributed by atoms with E-state index in [9.17, 15) is 4.79 Å². The van der Waals surface area contributed by atoms with Crippen LogP contribution in [0.25, 0.3) is 10.9 Å². The van der Waals surface area contributed by atoms with E-state index in [1.807, 2.05) is 49.4 Å². The second kappa shape index (κ2) is 6.18. The first-order chi connectivity index (χ1) is 10.7. The molecule has 1 N–H and O–H groups in total. The van der Waals surface area contributed by atoms with Gasteiger partial charge in [0.15, 0.2) is 0 Å². The van der Waals surface area contributed by atoms with Crippen molar-refractivity contribution in [1.82, 2.24) is 10.4 Å². The number of nitrogens with zero attached hydrogens (tertiary/aromatic N) is 2. The fourth-order valence-corrected chi connectivity index (χ4v) is 2.16. The summed E-state index contributed by atoms with van der Waals surface area (Å²) in [5.41, 5.74) is 5.95. The average molecular weight is 289 g/mol. The van der Waals surface area contributed by atoms with Crippen molar-refractivity contribution in [2.24, 2.45) is 5.10 Å². The van der Waals surface area contributed by atoms with E-state index in [1.165, 1.54) is 0 Å². The number of rotatable bonds is 3. The molecule has 0 bridgehead atoms. The van der Waals surface area contributed by atoms with Crippen molar-refractivity contribution in [3.05, 3.63) is 77.5 Å². The summed E-state index contributed by atoms with van der Waals surface area (Å²) < 4.78 is 0. The number of pyridine rings is 1. The number of carbonyl (C=O) groups is 1. The predicted octanol–water partition coefficient (Wildman–Crippen LogP) is 3.31. The third kappa shape index (κ3) is 3.01. The Morgan fingerprint density at radius 2 is 1.86 bits per heavy atom. The summed E-state index contributed by atoms with van der Waals surface area (Å²) in [6.07, 6.45) is 3.35. The van der Waals surface area contributed by atoms with Crippen LogP contribution in [0.3, 0.4) is 0 Å². The van der Waals surface area contributed by atoms with E-state index in [2.05, 4.69) is 15.5 Å². The lowest BCUT2D eigenvalue weighted by atomic mass is 10.1. The van der Waals surface area contributed by atoms with Gasteiger partial charge in [-0.1, -0.05) is 42.0 Å². The highest BCUT2D eigenvalue weighted by atomic mass is 16.2. The van der Waals surface area contributed by atoms with Crippen LogP contribution in [0.5, 0.6) is 0 Å². The van der Waals surface area contributed by atoms with Gasteiger partial charge in [-0.05, 0) is 25.1 Å². The zero-order valence-electron chi connectivity index (χ0n) is 12.2. The summed E-state index contributed by atoms with van der Waals surface area (Å²) in [4.78, 5) is 16.3. The number of fused-ring (bicyclic) bond motifs is 1. The van der Waals surface area contributed by atoms with E-state index in [1.54, 1.807) is 24.5 Å². The molecule has 0 saturated carbocycles. The van der Waals surface area contributed by atoms with Crippen LogP contribution in [0.2, 0.25) is 0 Å². The van der Waals surface area contributed by atoms with Crippen LogP contribution >= 0.6 is 0 Å². The van der Waals surface area contributed by atoms with Crippen LogP contribution in [0.15, 0.2) is 65.9 Å². The summed E-state index contributed by atoms with van der Waals surface area (Å²) in [5.74, 6) is -0.232. The molecule has 4 nitrogen and oxygen atoms in total. The lowest BCUT2D eigenvalue weighted by molar-refractivity contribution is 0.0955. The van der Waals surface area contributed by atoms with Gasteiger partial charge in [-0.2, -0.15) is 5.10 Å². The lowest BCUT2D eigenvalue weighted by Crippen LogP contribution is -2.17. The number of amides is 1. The third-order valence-corrected chi connectivity index (χ3v) is 3.35. The molecule has 2 aromatic carbocycles. The van der Waals surface area contributed by atoms with Crippen LogP contribution in [0.1, 0.15) is 21.5 Å². The maximum absolute atomic E-state index is 12.0. The number of nitrogens with one attached hydrogen (secondary N) is 1. The molecular formula is C18H15N3O. The fraction of sp³-hybridized carbons (Fsp3) is 0.0556. The Morgan fingerprint density at radius 3 is 2.68 bits per heavy atom. The third-order valence-electron chi connectivity index (χ3n) is 3.35. The lowest BCUT2D eigenvalue weighted by Gasteiger charge is -2.02. The van der Waals surface area contributed by atoms with Crippen LogP contribution in [-0.4, -0.2) is 17.1 Å². The number of carbonyl (C=O) groups excluding carboxylic acids is 1. The Kier molecular flexibility index (Phi) is 3.92. The number of aryl methyl sites for hydroxylation is 1. The van der Waals surface area contributed by atoms with Gasteiger partial charge in [0.2, 0.25) is 0 Å². The Bertz CT molecular complexity index is 833. The van der Waals surface area contributed by atoms with Gasteiger partial charge in [-0.3, -0.25) is 9.78 Å². The topological polar surface area (TPSA) is 54.4 Å². The van der Waals surface area contributed by atoms with Gasteiger partial charge in [0.1, 0.15) is 0 Å². The molecule has 0 spiro atoms. The van der Waals surface area contributed by atoms with Gasteiger partial charge in [-0.15, -0.1) is 0 Å². The van der Waals surface area contributed by atoms with E-state index in [0.29, 0.717) is 5.56 Å². The molecule has 0 unspecified atom stereocenters. The van der Waals surface area contributed by atoms with E-state index in [-0.39, 0.29) is 5.91 Å². The summed E-state index contributed by atoms with van der Waals surface area (Å²) in [5, 5.41) is 5.06. The highest BCUT2D eigenvalue weighted by Crippen LogP contribution is 2.13. The molecule has 1 aromatic heterocycles. The van der Waals surface area contributed by atoms with E-state index in [4.69, 9.17) is 0 Å². The first kappa shape index (κ1) is 13.9. The van der Waals surface area contributed by atoms with Crippen molar-refractivity contribution in [1.29, 1.82) is 0 Å². The molecule has 4 heteroatoms. The highest BCUT2D eigenvalue weighted by Gasteiger charge is 2.03. The number of para-hydroxylation sites is 1. The molecule has 0 radical (unpaired) electrons. The molecule has 0 saturated heterocycles. The second-order valence-corrected chi connectivity index (χ2v) is 4.99. The average Bonchev–Trinajstić information content (AvgIpc) is 2.55. The van der Waals surface area contributed by atoms with E-state index < -0.39 is 0 Å². The van der Waals surface area contributed by atoms with Gasteiger partial charge in [0.25, 0.3) is 5.91 Å². The Morgan fingerprint density at radius 1 is 1.09 bits per heavy atom. The first-order valence-electron chi connectivity index (χ1n) is 6.98. The minimum atomic E-state index is -0.232. The monoisotopic (exact) mass is 289 g/mol. The quantitative estimate of drug-likeness (QED) is 0.594. The zero-order chi connectivity index (χ0) is 15.4. The van der Waals surface area contributed by atoms with Crippen molar-refractivity contribution < 1.29 is 4.79 Å². The minimum Gasteiger partial charge on any atom is -0.267 e. The van der Waals surface area contributed by atoms with Crippen LogP contribution in [-0.2, 0) is 0 Å². The van der Waals surface area contributed by atoms with Crippen molar-refractivity contribution in [2.45, 2.75) is 6.92 Å². The summed E-state index contributed by atoms with van der Waals surface area (Å²) >= 11 is 0. The van der Waals surface area contributed by atoms with Crippen molar-refractivity contribution in [3.63, 3.8) is 0 Å². The Balaban J connectivity index is 1.76. The molecule has 3 aromatic rings. The SMILES string of the molecule is Cc1ccc(C(=O)N/N=C/c2cccc3cccnc23)cc1. The molecule has 0 atom stereocenters. The standard InChI is InChI=1S/C18H15N3O/c1-13-7-9-15(10-8-13)18(22)21-20-12-16-5-2-4-14-6-3-11-19-17(14)16/h2-12H,1H3,(H,21,22)/b20-12+. The maximum Gasteiger partial charge on any atom is 0.271 e. The van der Waals surface area contributed by atoms with Crippen molar-refractivity contribution in [3.8, 4) is 0 Å². The van der Waals surface area contributed by atoms with E-state index in [0.717, 1.165) is 22.0 Å². The molecule has 0 fully saturated rings. The molecule has 108 valence electrons. The number of benzene rings is 2. The fourth-order valence-electron chi connectivity index (χ4n) is 2.16. The van der Waals surface area contributed by atoms with Gasteiger partial charge in [-0.25, -0.2) is 5.43 Å². The van der Waals surface area contributed by atoms with Crippen LogP contribution < -0.4 is 5.43 Å². The maximum atomic E-state index is 12.0. The van der Waals surface area contributed by atoms with Crippen LogP contribution in [0.4, 0.5) is 0 Å². The summed E-state index contributed by atoms with van der Waals surface area (Å²) in [7, 11) is 0. The Hall–Kier alpha value is -3.01. The Labute approximate surface area is 128 Å². The number of hydrogen-bond donors (Lipinski definition) is 1.